The van der Waals surface area contributed by atoms with E-state index in [1.807, 2.05) is 24.3 Å². The molecule has 3 rings (SSSR count). The average Bonchev–Trinajstić information content (AvgIpc) is 2.97. The molecule has 2 heterocycles. The lowest BCUT2D eigenvalue weighted by atomic mass is 10.3. The van der Waals surface area contributed by atoms with E-state index in [0.29, 0.717) is 18.1 Å². The number of aromatic nitrogens is 5. The van der Waals surface area contributed by atoms with Crippen molar-refractivity contribution in [3.05, 3.63) is 53.2 Å². The van der Waals surface area contributed by atoms with E-state index in [1.165, 1.54) is 6.33 Å². The summed E-state index contributed by atoms with van der Waals surface area (Å²) in [6.45, 7) is 0.569. The summed E-state index contributed by atoms with van der Waals surface area (Å²) in [4.78, 5) is 12.4. The highest BCUT2D eigenvalue weighted by molar-refractivity contribution is 9.10. The van der Waals surface area contributed by atoms with Crippen molar-refractivity contribution in [1.82, 2.24) is 25.1 Å². The lowest BCUT2D eigenvalue weighted by Gasteiger charge is -2.03. The normalized spacial score (nSPS) is 10.4. The number of hydrogen-bond acceptors (Lipinski definition) is 5. The molecule has 2 aromatic heterocycles. The van der Waals surface area contributed by atoms with E-state index in [-0.39, 0.29) is 0 Å². The average molecular weight is 331 g/mol. The number of hydrogen-bond donors (Lipinski definition) is 2. The van der Waals surface area contributed by atoms with Crippen molar-refractivity contribution in [2.45, 2.75) is 6.54 Å². The maximum absolute atomic E-state index is 4.38. The zero-order valence-corrected chi connectivity index (χ0v) is 12.0. The van der Waals surface area contributed by atoms with E-state index in [2.05, 4.69) is 46.4 Å². The van der Waals surface area contributed by atoms with Gasteiger partial charge < -0.3 is 5.32 Å². The van der Waals surface area contributed by atoms with E-state index in [4.69, 9.17) is 0 Å². The van der Waals surface area contributed by atoms with Crippen LogP contribution in [0, 0.1) is 0 Å². The van der Waals surface area contributed by atoms with Gasteiger partial charge in [-0.1, -0.05) is 15.9 Å². The van der Waals surface area contributed by atoms with Gasteiger partial charge in [-0.15, -0.1) is 0 Å². The molecule has 0 fully saturated rings. The second kappa shape index (κ2) is 5.79. The van der Waals surface area contributed by atoms with E-state index < -0.39 is 0 Å². The quantitative estimate of drug-likeness (QED) is 0.768. The molecule has 0 aliphatic rings. The minimum atomic E-state index is 0.569. The zero-order chi connectivity index (χ0) is 13.8. The lowest BCUT2D eigenvalue weighted by Crippen LogP contribution is -2.01. The summed E-state index contributed by atoms with van der Waals surface area (Å²) >= 11 is 3.40. The number of benzene rings is 1. The Morgan fingerprint density at radius 2 is 2.00 bits per heavy atom. The summed E-state index contributed by atoms with van der Waals surface area (Å²) in [5.74, 6) is 1.32. The van der Waals surface area contributed by atoms with Gasteiger partial charge in [0.1, 0.15) is 17.8 Å². The molecule has 0 amide bonds. The third-order valence-corrected chi connectivity index (χ3v) is 3.18. The van der Waals surface area contributed by atoms with Gasteiger partial charge in [-0.2, -0.15) is 5.10 Å². The predicted octanol–water partition coefficient (Wildman–Crippen LogP) is 2.64. The van der Waals surface area contributed by atoms with E-state index in [9.17, 15) is 0 Å². The highest BCUT2D eigenvalue weighted by atomic mass is 79.9. The molecule has 3 aromatic rings. The van der Waals surface area contributed by atoms with Gasteiger partial charge in [0.15, 0.2) is 5.82 Å². The lowest BCUT2D eigenvalue weighted by molar-refractivity contribution is 0.954. The van der Waals surface area contributed by atoms with Gasteiger partial charge in [0.2, 0.25) is 0 Å². The Morgan fingerprint density at radius 3 is 2.75 bits per heavy atom. The number of rotatable bonds is 4. The highest BCUT2D eigenvalue weighted by Crippen LogP contribution is 2.15. The molecule has 0 unspecified atom stereocenters. The van der Waals surface area contributed by atoms with Crippen LogP contribution in [0.2, 0.25) is 0 Å². The first kappa shape index (κ1) is 12.7. The summed E-state index contributed by atoms with van der Waals surface area (Å²) < 4.78 is 1.05. The van der Waals surface area contributed by atoms with Gasteiger partial charge in [-0.3, -0.25) is 5.10 Å². The number of anilines is 1. The standard InChI is InChI=1S/C13H11BrN6/c14-9-1-3-10(4-2-9)16-7-12-18-13(20-19-12)11-5-6-15-8-17-11/h1-6,8,16H,7H2,(H,18,19,20). The van der Waals surface area contributed by atoms with E-state index in [1.54, 1.807) is 12.3 Å². The van der Waals surface area contributed by atoms with Crippen molar-refractivity contribution in [3.8, 4) is 11.5 Å². The maximum Gasteiger partial charge on any atom is 0.199 e. The molecule has 1 aromatic carbocycles. The molecule has 0 radical (unpaired) electrons. The van der Waals surface area contributed by atoms with Crippen LogP contribution in [0.5, 0.6) is 0 Å². The summed E-state index contributed by atoms with van der Waals surface area (Å²) in [5, 5.41) is 10.3. The van der Waals surface area contributed by atoms with Crippen LogP contribution in [-0.2, 0) is 6.54 Å². The Morgan fingerprint density at radius 1 is 1.15 bits per heavy atom. The summed E-state index contributed by atoms with van der Waals surface area (Å²) in [5.41, 5.74) is 1.72. The molecule has 0 atom stereocenters. The summed E-state index contributed by atoms with van der Waals surface area (Å²) in [7, 11) is 0. The molecule has 7 heteroatoms. The monoisotopic (exact) mass is 330 g/mol. The van der Waals surface area contributed by atoms with Crippen molar-refractivity contribution >= 4 is 21.6 Å². The van der Waals surface area contributed by atoms with Gasteiger partial charge in [0.05, 0.1) is 6.54 Å². The second-order valence-electron chi connectivity index (χ2n) is 4.06. The SMILES string of the molecule is Brc1ccc(NCc2nc(-c3ccncn3)n[nH]2)cc1. The first-order valence-electron chi connectivity index (χ1n) is 5.98. The first-order valence-corrected chi connectivity index (χ1v) is 6.78. The molecule has 0 spiro atoms. The number of halogens is 1. The highest BCUT2D eigenvalue weighted by Gasteiger charge is 2.06. The largest absolute Gasteiger partial charge is 0.378 e. The van der Waals surface area contributed by atoms with Crippen molar-refractivity contribution in [3.63, 3.8) is 0 Å². The van der Waals surface area contributed by atoms with Gasteiger partial charge in [-0.05, 0) is 30.3 Å². The van der Waals surface area contributed by atoms with Crippen LogP contribution in [0.3, 0.4) is 0 Å². The Kier molecular flexibility index (Phi) is 3.69. The van der Waals surface area contributed by atoms with Crippen LogP contribution in [0.4, 0.5) is 5.69 Å². The number of nitrogens with one attached hydrogen (secondary N) is 2. The van der Waals surface area contributed by atoms with Crippen molar-refractivity contribution in [1.29, 1.82) is 0 Å². The van der Waals surface area contributed by atoms with Gasteiger partial charge in [-0.25, -0.2) is 15.0 Å². The van der Waals surface area contributed by atoms with E-state index >= 15 is 0 Å². The number of nitrogens with zero attached hydrogens (tertiary/aromatic N) is 4. The third-order valence-electron chi connectivity index (χ3n) is 2.65. The van der Waals surface area contributed by atoms with Crippen molar-refractivity contribution < 1.29 is 0 Å². The van der Waals surface area contributed by atoms with Crippen LogP contribution in [0.15, 0.2) is 47.3 Å². The van der Waals surface area contributed by atoms with Crippen LogP contribution in [0.1, 0.15) is 5.82 Å². The minimum Gasteiger partial charge on any atom is -0.378 e. The molecule has 0 aliphatic carbocycles. The number of aromatic amines is 1. The fraction of sp³-hybridized carbons (Fsp3) is 0.0769. The van der Waals surface area contributed by atoms with Gasteiger partial charge in [0, 0.05) is 16.4 Å². The van der Waals surface area contributed by atoms with Gasteiger partial charge in [0.25, 0.3) is 0 Å². The van der Waals surface area contributed by atoms with E-state index in [0.717, 1.165) is 16.0 Å². The Bertz CT molecular complexity index is 680. The Balaban J connectivity index is 1.67. The molecule has 2 N–H and O–H groups in total. The molecule has 20 heavy (non-hydrogen) atoms. The van der Waals surface area contributed by atoms with Crippen molar-refractivity contribution in [2.75, 3.05) is 5.32 Å². The molecule has 0 saturated heterocycles. The molecule has 0 saturated carbocycles. The van der Waals surface area contributed by atoms with Crippen LogP contribution in [-0.4, -0.2) is 25.1 Å². The van der Waals surface area contributed by atoms with Crippen LogP contribution < -0.4 is 5.32 Å². The molecular formula is C13H11BrN6. The Hall–Kier alpha value is -2.28. The van der Waals surface area contributed by atoms with Crippen LogP contribution >= 0.6 is 15.9 Å². The molecule has 0 bridgehead atoms. The smallest absolute Gasteiger partial charge is 0.199 e. The van der Waals surface area contributed by atoms with Crippen LogP contribution in [0.25, 0.3) is 11.5 Å². The van der Waals surface area contributed by atoms with Crippen molar-refractivity contribution in [2.24, 2.45) is 0 Å². The summed E-state index contributed by atoms with van der Waals surface area (Å²) in [6, 6.07) is 9.72. The maximum atomic E-state index is 4.38. The summed E-state index contributed by atoms with van der Waals surface area (Å²) in [6.07, 6.45) is 3.14. The topological polar surface area (TPSA) is 79.4 Å². The first-order chi connectivity index (χ1) is 9.81. The molecular weight excluding hydrogens is 320 g/mol. The molecule has 0 aliphatic heterocycles. The Labute approximate surface area is 123 Å². The fourth-order valence-electron chi connectivity index (χ4n) is 1.67. The fourth-order valence-corrected chi connectivity index (χ4v) is 1.93. The second-order valence-corrected chi connectivity index (χ2v) is 4.98. The zero-order valence-electron chi connectivity index (χ0n) is 10.4. The molecule has 6 nitrogen and oxygen atoms in total. The number of H-pyrrole nitrogens is 1. The minimum absolute atomic E-state index is 0.569. The molecule has 100 valence electrons. The van der Waals surface area contributed by atoms with Gasteiger partial charge >= 0.3 is 0 Å². The predicted molar refractivity (Wildman–Crippen MR) is 78.9 cm³/mol. The third kappa shape index (κ3) is 3.00.